The average molecular weight is 370 g/mol. The van der Waals surface area contributed by atoms with Gasteiger partial charge in [0.2, 0.25) is 21.7 Å². The molecule has 9 heteroatoms. The highest BCUT2D eigenvalue weighted by molar-refractivity contribution is 7.89. The van der Waals surface area contributed by atoms with Gasteiger partial charge < -0.3 is 5.73 Å². The molecule has 0 atom stereocenters. The van der Waals surface area contributed by atoms with Crippen LogP contribution in [0.1, 0.15) is 24.8 Å². The summed E-state index contributed by atoms with van der Waals surface area (Å²) >= 11 is 0. The zero-order valence-corrected chi connectivity index (χ0v) is 15.0. The van der Waals surface area contributed by atoms with Crippen LogP contribution >= 0.6 is 0 Å². The molecule has 3 aliphatic rings. The van der Waals surface area contributed by atoms with E-state index in [9.17, 15) is 8.42 Å². The lowest BCUT2D eigenvalue weighted by atomic mass is 9.50. The summed E-state index contributed by atoms with van der Waals surface area (Å²) < 4.78 is 30.1. The fourth-order valence-electron chi connectivity index (χ4n) is 3.95. The van der Waals surface area contributed by atoms with E-state index in [1.165, 1.54) is 6.33 Å². The average Bonchev–Trinajstić information content (AvgIpc) is 2.95. The van der Waals surface area contributed by atoms with Crippen LogP contribution in [0.15, 0.2) is 35.6 Å². The molecule has 6 rings (SSSR count). The smallest absolute Gasteiger partial charge is 0.241 e. The lowest BCUT2D eigenvalue weighted by Crippen LogP contribution is -2.67. The van der Waals surface area contributed by atoms with Gasteiger partial charge >= 0.3 is 0 Å². The third-order valence-electron chi connectivity index (χ3n) is 5.48. The third-order valence-corrected chi connectivity index (χ3v) is 7.06. The number of sulfonamides is 1. The van der Waals surface area contributed by atoms with Crippen molar-refractivity contribution in [1.82, 2.24) is 24.1 Å². The fourth-order valence-corrected chi connectivity index (χ4v) is 5.41. The number of imidazole rings is 1. The van der Waals surface area contributed by atoms with Crippen molar-refractivity contribution in [3.05, 3.63) is 36.3 Å². The zero-order chi connectivity index (χ0) is 18.1. The number of nitrogen functional groups attached to an aromatic ring is 1. The Balaban J connectivity index is 1.56. The summed E-state index contributed by atoms with van der Waals surface area (Å²) in [6.45, 7) is 1.92. The Morgan fingerprint density at radius 1 is 1.27 bits per heavy atom. The van der Waals surface area contributed by atoms with E-state index in [4.69, 9.17) is 5.73 Å². The van der Waals surface area contributed by atoms with Crippen LogP contribution in [0.25, 0.3) is 17.0 Å². The topological polar surface area (TPSA) is 115 Å². The lowest BCUT2D eigenvalue weighted by Gasteiger charge is -2.61. The first-order chi connectivity index (χ1) is 12.4. The number of nitrogens with one attached hydrogen (secondary N) is 1. The summed E-state index contributed by atoms with van der Waals surface area (Å²) in [6, 6.07) is 5.09. The van der Waals surface area contributed by atoms with E-state index in [1.807, 2.05) is 6.92 Å². The molecular weight excluding hydrogens is 352 g/mol. The summed E-state index contributed by atoms with van der Waals surface area (Å²) in [5, 5.41) is 0. The second-order valence-corrected chi connectivity index (χ2v) is 9.05. The standard InChI is InChI=1S/C17H18N6O2S/c1-10-2-3-12(26(24,25)22-17-5-11(6-17)7-17)4-13(10)14-8-23-15(18)19-9-20-16(23)21-14/h2-4,8-9,11,22H,5-7H2,1H3,(H2,18,19,20,21). The number of benzene rings is 1. The molecule has 0 spiro atoms. The number of hydrogen-bond donors (Lipinski definition) is 2. The minimum absolute atomic E-state index is 0.207. The molecule has 3 fully saturated rings. The quantitative estimate of drug-likeness (QED) is 0.719. The molecule has 8 nitrogen and oxygen atoms in total. The van der Waals surface area contributed by atoms with Gasteiger partial charge in [0.05, 0.1) is 10.6 Å². The Kier molecular flexibility index (Phi) is 3.03. The highest BCUT2D eigenvalue weighted by atomic mass is 32.2. The van der Waals surface area contributed by atoms with Gasteiger partial charge in [0.1, 0.15) is 6.33 Å². The van der Waals surface area contributed by atoms with Crippen LogP contribution in [0.2, 0.25) is 0 Å². The highest BCUT2D eigenvalue weighted by Gasteiger charge is 2.58. The Labute approximate surface area is 150 Å². The van der Waals surface area contributed by atoms with Crippen molar-refractivity contribution in [3.63, 3.8) is 0 Å². The van der Waals surface area contributed by atoms with Crippen LogP contribution in [0.4, 0.5) is 5.95 Å². The van der Waals surface area contributed by atoms with Gasteiger partial charge in [-0.25, -0.2) is 28.1 Å². The van der Waals surface area contributed by atoms with Crippen molar-refractivity contribution in [3.8, 4) is 11.3 Å². The third kappa shape index (κ3) is 2.24. The number of rotatable bonds is 4. The minimum Gasteiger partial charge on any atom is -0.369 e. The molecule has 3 N–H and O–H groups in total. The van der Waals surface area contributed by atoms with Crippen molar-refractivity contribution in [1.29, 1.82) is 0 Å². The zero-order valence-electron chi connectivity index (χ0n) is 14.2. The SMILES string of the molecule is Cc1ccc(S(=O)(=O)NC23CC(C2)C3)cc1-c1cn2c(N)ncnc2n1. The Hall–Kier alpha value is -2.52. The molecule has 2 aromatic heterocycles. The van der Waals surface area contributed by atoms with Gasteiger partial charge in [-0.15, -0.1) is 0 Å². The van der Waals surface area contributed by atoms with Gasteiger partial charge in [0, 0.05) is 17.3 Å². The molecule has 1 aromatic carbocycles. The summed E-state index contributed by atoms with van der Waals surface area (Å²) in [5.41, 5.74) is 7.90. The molecule has 2 bridgehead atoms. The second-order valence-electron chi connectivity index (χ2n) is 7.37. The van der Waals surface area contributed by atoms with Crippen molar-refractivity contribution in [2.75, 3.05) is 5.73 Å². The Morgan fingerprint density at radius 2 is 2.04 bits per heavy atom. The number of hydrogen-bond acceptors (Lipinski definition) is 6. The maximum atomic E-state index is 12.8. The van der Waals surface area contributed by atoms with Gasteiger partial charge in [-0.2, -0.15) is 0 Å². The molecule has 3 saturated carbocycles. The largest absolute Gasteiger partial charge is 0.369 e. The maximum absolute atomic E-state index is 12.8. The predicted octanol–water partition coefficient (Wildman–Crippen LogP) is 1.51. The number of fused-ring (bicyclic) bond motifs is 1. The molecule has 26 heavy (non-hydrogen) atoms. The maximum Gasteiger partial charge on any atom is 0.241 e. The highest BCUT2D eigenvalue weighted by Crippen LogP contribution is 2.57. The number of aryl methyl sites for hydroxylation is 1. The number of nitrogens with two attached hydrogens (primary N) is 1. The van der Waals surface area contributed by atoms with Gasteiger partial charge in [0.15, 0.2) is 0 Å². The van der Waals surface area contributed by atoms with Crippen molar-refractivity contribution >= 4 is 21.7 Å². The van der Waals surface area contributed by atoms with E-state index in [-0.39, 0.29) is 16.4 Å². The van der Waals surface area contributed by atoms with E-state index in [0.717, 1.165) is 30.4 Å². The van der Waals surface area contributed by atoms with Crippen molar-refractivity contribution < 1.29 is 8.42 Å². The molecular formula is C17H18N6O2S. The van der Waals surface area contributed by atoms with Crippen LogP contribution in [-0.4, -0.2) is 33.3 Å². The molecule has 134 valence electrons. The summed E-state index contributed by atoms with van der Waals surface area (Å²) in [6.07, 6.45) is 5.93. The van der Waals surface area contributed by atoms with Gasteiger partial charge in [-0.05, 0) is 49.8 Å². The Morgan fingerprint density at radius 3 is 2.69 bits per heavy atom. The first kappa shape index (κ1) is 15.7. The molecule has 2 heterocycles. The molecule has 0 radical (unpaired) electrons. The van der Waals surface area contributed by atoms with Crippen LogP contribution in [-0.2, 0) is 10.0 Å². The van der Waals surface area contributed by atoms with Crippen LogP contribution in [0.3, 0.4) is 0 Å². The lowest BCUT2D eigenvalue weighted by molar-refractivity contribution is -0.0317. The first-order valence-corrected chi connectivity index (χ1v) is 9.94. The van der Waals surface area contributed by atoms with E-state index < -0.39 is 10.0 Å². The van der Waals surface area contributed by atoms with Crippen LogP contribution in [0.5, 0.6) is 0 Å². The van der Waals surface area contributed by atoms with E-state index in [2.05, 4.69) is 19.7 Å². The summed E-state index contributed by atoms with van der Waals surface area (Å²) in [7, 11) is -3.56. The molecule has 0 aliphatic heterocycles. The van der Waals surface area contributed by atoms with Crippen molar-refractivity contribution in [2.24, 2.45) is 5.92 Å². The number of aromatic nitrogens is 4. The van der Waals surface area contributed by atoms with E-state index in [0.29, 0.717) is 17.4 Å². The van der Waals surface area contributed by atoms with E-state index in [1.54, 1.807) is 28.8 Å². The first-order valence-electron chi connectivity index (χ1n) is 8.46. The Bertz CT molecular complexity index is 1140. The normalized spacial score (nSPS) is 24.3. The molecule has 0 unspecified atom stereocenters. The predicted molar refractivity (Wildman–Crippen MR) is 95.8 cm³/mol. The second kappa shape index (κ2) is 5.01. The molecule has 0 amide bonds. The molecule has 0 saturated heterocycles. The van der Waals surface area contributed by atoms with Crippen molar-refractivity contribution in [2.45, 2.75) is 36.6 Å². The van der Waals surface area contributed by atoms with Gasteiger partial charge in [-0.1, -0.05) is 6.07 Å². The van der Waals surface area contributed by atoms with Gasteiger partial charge in [0.25, 0.3) is 0 Å². The number of anilines is 1. The number of nitrogens with zero attached hydrogens (tertiary/aromatic N) is 4. The fraction of sp³-hybridized carbons (Fsp3) is 0.353. The van der Waals surface area contributed by atoms with E-state index >= 15 is 0 Å². The monoisotopic (exact) mass is 370 g/mol. The van der Waals surface area contributed by atoms with Crippen LogP contribution in [0, 0.1) is 12.8 Å². The molecule has 3 aromatic rings. The minimum atomic E-state index is -3.56. The summed E-state index contributed by atoms with van der Waals surface area (Å²) in [5.74, 6) is 1.41. The molecule has 3 aliphatic carbocycles. The van der Waals surface area contributed by atoms with Crippen LogP contribution < -0.4 is 10.5 Å². The van der Waals surface area contributed by atoms with Gasteiger partial charge in [-0.3, -0.25) is 4.40 Å². The summed E-state index contributed by atoms with van der Waals surface area (Å²) in [4.78, 5) is 12.7.